The van der Waals surface area contributed by atoms with E-state index in [-0.39, 0.29) is 6.54 Å². The summed E-state index contributed by atoms with van der Waals surface area (Å²) in [7, 11) is 0. The Kier molecular flexibility index (Phi) is 4.20. The lowest BCUT2D eigenvalue weighted by Gasteiger charge is -2.08. The molecule has 82 valence electrons. The highest BCUT2D eigenvalue weighted by atomic mass is 16.4. The van der Waals surface area contributed by atoms with E-state index in [0.717, 1.165) is 11.3 Å². The number of rotatable bonds is 5. The summed E-state index contributed by atoms with van der Waals surface area (Å²) in [5.74, 6) is -0.996. The zero-order valence-corrected chi connectivity index (χ0v) is 8.60. The van der Waals surface area contributed by atoms with E-state index in [1.807, 2.05) is 19.1 Å². The van der Waals surface area contributed by atoms with Crippen LogP contribution in [0, 0.1) is 6.92 Å². The Morgan fingerprint density at radius 1 is 1.67 bits per heavy atom. The van der Waals surface area contributed by atoms with Gasteiger partial charge in [-0.15, -0.1) is 0 Å². The van der Waals surface area contributed by atoms with Crippen LogP contribution in [0.25, 0.3) is 0 Å². The largest absolute Gasteiger partial charge is 0.480 e. The first-order valence-corrected chi connectivity index (χ1v) is 4.70. The molecule has 1 rings (SSSR count). The van der Waals surface area contributed by atoms with Crippen molar-refractivity contribution < 1.29 is 9.90 Å². The first-order chi connectivity index (χ1) is 7.09. The molecule has 5 nitrogen and oxygen atoms in total. The van der Waals surface area contributed by atoms with Gasteiger partial charge in [0.25, 0.3) is 0 Å². The van der Waals surface area contributed by atoms with Gasteiger partial charge in [0.1, 0.15) is 6.04 Å². The fourth-order valence-corrected chi connectivity index (χ4v) is 1.06. The van der Waals surface area contributed by atoms with Gasteiger partial charge in [-0.3, -0.25) is 9.78 Å². The minimum atomic E-state index is -0.996. The molecule has 1 atom stereocenters. The number of pyridine rings is 1. The number of carboxylic acid groups (broad SMARTS) is 1. The average Bonchev–Trinajstić information content (AvgIpc) is 2.20. The van der Waals surface area contributed by atoms with Crippen LogP contribution in [0.5, 0.6) is 0 Å². The SMILES string of the molecule is Cc1ccc(CNCC(N)C(=O)O)cn1. The van der Waals surface area contributed by atoms with Crippen molar-refractivity contribution in [3.05, 3.63) is 29.6 Å². The molecule has 15 heavy (non-hydrogen) atoms. The van der Waals surface area contributed by atoms with Crippen LogP contribution in [-0.4, -0.2) is 28.6 Å². The van der Waals surface area contributed by atoms with E-state index >= 15 is 0 Å². The third kappa shape index (κ3) is 4.05. The fraction of sp³-hybridized carbons (Fsp3) is 0.400. The summed E-state index contributed by atoms with van der Waals surface area (Å²) in [6.45, 7) is 2.75. The summed E-state index contributed by atoms with van der Waals surface area (Å²) in [5, 5.41) is 11.5. The lowest BCUT2D eigenvalue weighted by atomic mass is 10.2. The lowest BCUT2D eigenvalue weighted by Crippen LogP contribution is -2.40. The van der Waals surface area contributed by atoms with Crippen LogP contribution < -0.4 is 11.1 Å². The lowest BCUT2D eigenvalue weighted by molar-refractivity contribution is -0.138. The number of hydrogen-bond donors (Lipinski definition) is 3. The molecule has 0 amide bonds. The highest BCUT2D eigenvalue weighted by Crippen LogP contribution is 1.98. The minimum absolute atomic E-state index is 0.253. The van der Waals surface area contributed by atoms with Gasteiger partial charge in [-0.1, -0.05) is 6.07 Å². The Morgan fingerprint density at radius 2 is 2.40 bits per heavy atom. The van der Waals surface area contributed by atoms with Gasteiger partial charge in [0, 0.05) is 25.0 Å². The number of nitrogens with one attached hydrogen (secondary N) is 1. The maximum atomic E-state index is 10.4. The Labute approximate surface area is 88.3 Å². The van der Waals surface area contributed by atoms with Crippen LogP contribution in [0.15, 0.2) is 18.3 Å². The Balaban J connectivity index is 2.32. The predicted molar refractivity (Wildman–Crippen MR) is 56.3 cm³/mol. The van der Waals surface area contributed by atoms with Crippen molar-refractivity contribution in [1.29, 1.82) is 0 Å². The topological polar surface area (TPSA) is 88.2 Å². The van der Waals surface area contributed by atoms with E-state index in [1.54, 1.807) is 6.20 Å². The third-order valence-electron chi connectivity index (χ3n) is 1.98. The van der Waals surface area contributed by atoms with Gasteiger partial charge in [-0.2, -0.15) is 0 Å². The smallest absolute Gasteiger partial charge is 0.321 e. The van der Waals surface area contributed by atoms with Gasteiger partial charge in [-0.25, -0.2) is 0 Å². The molecule has 0 saturated heterocycles. The van der Waals surface area contributed by atoms with Gasteiger partial charge in [-0.05, 0) is 18.6 Å². The van der Waals surface area contributed by atoms with Crippen molar-refractivity contribution in [3.8, 4) is 0 Å². The van der Waals surface area contributed by atoms with E-state index in [2.05, 4.69) is 10.3 Å². The van der Waals surface area contributed by atoms with Gasteiger partial charge in [0.05, 0.1) is 0 Å². The summed E-state index contributed by atoms with van der Waals surface area (Å²) < 4.78 is 0. The Hall–Kier alpha value is -1.46. The molecule has 0 spiro atoms. The number of hydrogen-bond acceptors (Lipinski definition) is 4. The molecule has 0 aromatic carbocycles. The molecule has 0 radical (unpaired) electrons. The first-order valence-electron chi connectivity index (χ1n) is 4.70. The van der Waals surface area contributed by atoms with E-state index < -0.39 is 12.0 Å². The molecule has 0 aliphatic heterocycles. The fourth-order valence-electron chi connectivity index (χ4n) is 1.06. The second kappa shape index (κ2) is 5.43. The number of nitrogens with two attached hydrogens (primary N) is 1. The molecule has 1 heterocycles. The third-order valence-corrected chi connectivity index (χ3v) is 1.98. The highest BCUT2D eigenvalue weighted by Gasteiger charge is 2.09. The molecule has 0 saturated carbocycles. The second-order valence-corrected chi connectivity index (χ2v) is 3.38. The van der Waals surface area contributed by atoms with Crippen LogP contribution in [0.4, 0.5) is 0 Å². The van der Waals surface area contributed by atoms with Crippen molar-refractivity contribution in [2.24, 2.45) is 5.73 Å². The predicted octanol–water partition coefficient (Wildman–Crippen LogP) is -0.108. The molecule has 0 aliphatic carbocycles. The molecule has 0 fully saturated rings. The molecule has 0 bridgehead atoms. The van der Waals surface area contributed by atoms with Crippen molar-refractivity contribution in [1.82, 2.24) is 10.3 Å². The van der Waals surface area contributed by atoms with Crippen LogP contribution in [0.1, 0.15) is 11.3 Å². The number of aliphatic carboxylic acids is 1. The summed E-state index contributed by atoms with van der Waals surface area (Å²) in [4.78, 5) is 14.5. The quantitative estimate of drug-likeness (QED) is 0.629. The average molecular weight is 209 g/mol. The minimum Gasteiger partial charge on any atom is -0.480 e. The molecule has 4 N–H and O–H groups in total. The van der Waals surface area contributed by atoms with Crippen molar-refractivity contribution >= 4 is 5.97 Å². The number of carboxylic acids is 1. The number of aryl methyl sites for hydroxylation is 1. The Bertz CT molecular complexity index is 324. The number of carbonyl (C=O) groups is 1. The van der Waals surface area contributed by atoms with Crippen molar-refractivity contribution in [2.45, 2.75) is 19.5 Å². The maximum Gasteiger partial charge on any atom is 0.321 e. The zero-order chi connectivity index (χ0) is 11.3. The second-order valence-electron chi connectivity index (χ2n) is 3.38. The van der Waals surface area contributed by atoms with Crippen LogP contribution >= 0.6 is 0 Å². The van der Waals surface area contributed by atoms with Crippen LogP contribution in [-0.2, 0) is 11.3 Å². The molecular weight excluding hydrogens is 194 g/mol. The van der Waals surface area contributed by atoms with Crippen molar-refractivity contribution in [2.75, 3.05) is 6.54 Å². The Morgan fingerprint density at radius 3 is 2.93 bits per heavy atom. The summed E-state index contributed by atoms with van der Waals surface area (Å²) in [5.41, 5.74) is 7.30. The molecule has 0 aliphatic rings. The molecule has 1 aromatic heterocycles. The van der Waals surface area contributed by atoms with Gasteiger partial charge < -0.3 is 16.2 Å². The van der Waals surface area contributed by atoms with E-state index in [4.69, 9.17) is 10.8 Å². The van der Waals surface area contributed by atoms with Gasteiger partial charge in [0.2, 0.25) is 0 Å². The summed E-state index contributed by atoms with van der Waals surface area (Å²) in [6, 6.07) is 3.00. The number of nitrogens with zero attached hydrogens (tertiary/aromatic N) is 1. The standard InChI is InChI=1S/C10H15N3O2/c1-7-2-3-8(5-13-7)4-12-6-9(11)10(14)15/h2-3,5,9,12H,4,6,11H2,1H3,(H,14,15). The van der Waals surface area contributed by atoms with Crippen molar-refractivity contribution in [3.63, 3.8) is 0 Å². The maximum absolute atomic E-state index is 10.4. The van der Waals surface area contributed by atoms with Crippen LogP contribution in [0.2, 0.25) is 0 Å². The van der Waals surface area contributed by atoms with E-state index in [1.165, 1.54) is 0 Å². The zero-order valence-electron chi connectivity index (χ0n) is 8.60. The van der Waals surface area contributed by atoms with Gasteiger partial charge in [0.15, 0.2) is 0 Å². The summed E-state index contributed by atoms with van der Waals surface area (Å²) >= 11 is 0. The van der Waals surface area contributed by atoms with E-state index in [0.29, 0.717) is 6.54 Å². The molecule has 1 unspecified atom stereocenters. The molecule has 5 heteroatoms. The molecule has 1 aromatic rings. The van der Waals surface area contributed by atoms with E-state index in [9.17, 15) is 4.79 Å². The number of aromatic nitrogens is 1. The van der Waals surface area contributed by atoms with Gasteiger partial charge >= 0.3 is 5.97 Å². The monoisotopic (exact) mass is 209 g/mol. The highest BCUT2D eigenvalue weighted by molar-refractivity contribution is 5.73. The summed E-state index contributed by atoms with van der Waals surface area (Å²) in [6.07, 6.45) is 1.76. The normalized spacial score (nSPS) is 12.4. The van der Waals surface area contributed by atoms with Crippen LogP contribution in [0.3, 0.4) is 0 Å². The molecular formula is C10H15N3O2. The first kappa shape index (κ1) is 11.6.